The third-order valence-electron chi connectivity index (χ3n) is 3.37. The first kappa shape index (κ1) is 15.8. The minimum absolute atomic E-state index is 0.434. The van der Waals surface area contributed by atoms with Crippen molar-refractivity contribution < 1.29 is 9.84 Å². The topological polar surface area (TPSA) is 55.5 Å². The fourth-order valence-electron chi connectivity index (χ4n) is 2.17. The van der Waals surface area contributed by atoms with E-state index >= 15 is 0 Å². The number of hydrogen-bond acceptors (Lipinski definition) is 3. The van der Waals surface area contributed by atoms with E-state index in [9.17, 15) is 5.11 Å². The molecule has 0 aliphatic carbocycles. The van der Waals surface area contributed by atoms with Crippen LogP contribution in [0.2, 0.25) is 5.02 Å². The third kappa shape index (κ3) is 4.46. The van der Waals surface area contributed by atoms with E-state index in [4.69, 9.17) is 22.1 Å². The van der Waals surface area contributed by atoms with Gasteiger partial charge in [-0.1, -0.05) is 41.9 Å². The standard InChI is InChI=1S/C17H20ClNO2/c1-13-12-15(18)8-9-16(13)21-11-5-10-17(19,20)14-6-3-2-4-7-14/h2-4,6-9,12,20H,5,10-11,19H2,1H3/t17-/m0/s1. The monoisotopic (exact) mass is 305 g/mol. The van der Waals surface area contributed by atoms with E-state index in [1.165, 1.54) is 0 Å². The zero-order valence-corrected chi connectivity index (χ0v) is 12.8. The van der Waals surface area contributed by atoms with Gasteiger partial charge in [-0.15, -0.1) is 0 Å². The molecule has 0 aromatic heterocycles. The highest BCUT2D eigenvalue weighted by atomic mass is 35.5. The van der Waals surface area contributed by atoms with Crippen molar-refractivity contribution in [2.24, 2.45) is 5.73 Å². The zero-order valence-electron chi connectivity index (χ0n) is 12.1. The van der Waals surface area contributed by atoms with E-state index in [1.807, 2.05) is 49.4 Å². The number of nitrogens with two attached hydrogens (primary N) is 1. The van der Waals surface area contributed by atoms with Crippen LogP contribution in [0.1, 0.15) is 24.0 Å². The molecule has 0 radical (unpaired) electrons. The molecule has 3 N–H and O–H groups in total. The lowest BCUT2D eigenvalue weighted by molar-refractivity contribution is 0.0284. The zero-order chi connectivity index (χ0) is 15.3. The van der Waals surface area contributed by atoms with Gasteiger partial charge in [0.15, 0.2) is 0 Å². The van der Waals surface area contributed by atoms with Crippen molar-refractivity contribution in [3.05, 3.63) is 64.7 Å². The SMILES string of the molecule is Cc1cc(Cl)ccc1OCCC[C@](N)(O)c1ccccc1. The first-order valence-electron chi connectivity index (χ1n) is 6.95. The summed E-state index contributed by atoms with van der Waals surface area (Å²) in [7, 11) is 0. The average molecular weight is 306 g/mol. The molecule has 0 fully saturated rings. The summed E-state index contributed by atoms with van der Waals surface area (Å²) in [6, 6.07) is 14.8. The van der Waals surface area contributed by atoms with Gasteiger partial charge in [-0.05, 0) is 49.1 Å². The molecule has 0 bridgehead atoms. The molecule has 1 atom stereocenters. The predicted molar refractivity (Wildman–Crippen MR) is 85.4 cm³/mol. The Kier molecular flexibility index (Phi) is 5.23. The Labute approximate surface area is 130 Å². The van der Waals surface area contributed by atoms with Crippen LogP contribution < -0.4 is 10.5 Å². The van der Waals surface area contributed by atoms with E-state index in [0.717, 1.165) is 11.3 Å². The Bertz CT molecular complexity index is 585. The quantitative estimate of drug-likeness (QED) is 0.633. The summed E-state index contributed by atoms with van der Waals surface area (Å²) in [5.41, 5.74) is 6.34. The van der Waals surface area contributed by atoms with Gasteiger partial charge in [0, 0.05) is 5.02 Å². The number of halogens is 1. The molecular weight excluding hydrogens is 286 g/mol. The highest BCUT2D eigenvalue weighted by molar-refractivity contribution is 6.30. The van der Waals surface area contributed by atoms with Gasteiger partial charge in [0.2, 0.25) is 0 Å². The maximum absolute atomic E-state index is 10.3. The number of benzene rings is 2. The molecule has 112 valence electrons. The van der Waals surface area contributed by atoms with Crippen LogP contribution in [0.4, 0.5) is 0 Å². The van der Waals surface area contributed by atoms with Gasteiger partial charge >= 0.3 is 0 Å². The minimum atomic E-state index is -1.32. The van der Waals surface area contributed by atoms with Crippen LogP contribution in [0.3, 0.4) is 0 Å². The number of ether oxygens (including phenoxy) is 1. The number of hydrogen-bond donors (Lipinski definition) is 2. The Hall–Kier alpha value is -1.55. The molecule has 0 spiro atoms. The predicted octanol–water partition coefficient (Wildman–Crippen LogP) is 3.61. The molecule has 0 heterocycles. The van der Waals surface area contributed by atoms with Gasteiger partial charge in [-0.2, -0.15) is 0 Å². The van der Waals surface area contributed by atoms with E-state index < -0.39 is 5.72 Å². The first-order chi connectivity index (χ1) is 9.99. The van der Waals surface area contributed by atoms with Gasteiger partial charge in [-0.3, -0.25) is 5.73 Å². The van der Waals surface area contributed by atoms with Crippen molar-refractivity contribution in [3.8, 4) is 5.75 Å². The van der Waals surface area contributed by atoms with Crippen LogP contribution >= 0.6 is 11.6 Å². The fourth-order valence-corrected chi connectivity index (χ4v) is 2.40. The summed E-state index contributed by atoms with van der Waals surface area (Å²) in [5, 5.41) is 11.0. The summed E-state index contributed by atoms with van der Waals surface area (Å²) in [6.07, 6.45) is 1.09. The number of aryl methyl sites for hydroxylation is 1. The van der Waals surface area contributed by atoms with E-state index in [2.05, 4.69) is 0 Å². The lowest BCUT2D eigenvalue weighted by Crippen LogP contribution is -2.36. The van der Waals surface area contributed by atoms with Crippen molar-refractivity contribution in [2.75, 3.05) is 6.61 Å². The maximum Gasteiger partial charge on any atom is 0.139 e. The number of aliphatic hydroxyl groups is 1. The van der Waals surface area contributed by atoms with E-state index in [0.29, 0.717) is 30.0 Å². The maximum atomic E-state index is 10.3. The largest absolute Gasteiger partial charge is 0.493 e. The Morgan fingerprint density at radius 1 is 1.19 bits per heavy atom. The smallest absolute Gasteiger partial charge is 0.139 e. The van der Waals surface area contributed by atoms with Crippen molar-refractivity contribution in [2.45, 2.75) is 25.5 Å². The minimum Gasteiger partial charge on any atom is -0.493 e. The van der Waals surface area contributed by atoms with Gasteiger partial charge in [0.25, 0.3) is 0 Å². The fraction of sp³-hybridized carbons (Fsp3) is 0.294. The van der Waals surface area contributed by atoms with Crippen molar-refractivity contribution >= 4 is 11.6 Å². The molecule has 4 heteroatoms. The lowest BCUT2D eigenvalue weighted by Gasteiger charge is -2.23. The molecule has 0 aliphatic rings. The second kappa shape index (κ2) is 6.94. The molecule has 2 aromatic carbocycles. The molecule has 0 aliphatic heterocycles. The average Bonchev–Trinajstić information content (AvgIpc) is 2.46. The van der Waals surface area contributed by atoms with Crippen LogP contribution in [0, 0.1) is 6.92 Å². The van der Waals surface area contributed by atoms with Crippen LogP contribution in [-0.2, 0) is 5.72 Å². The van der Waals surface area contributed by atoms with Crippen LogP contribution in [0.15, 0.2) is 48.5 Å². The molecule has 0 amide bonds. The van der Waals surface area contributed by atoms with Gasteiger partial charge in [-0.25, -0.2) is 0 Å². The summed E-state index contributed by atoms with van der Waals surface area (Å²) in [5.74, 6) is 0.805. The summed E-state index contributed by atoms with van der Waals surface area (Å²) < 4.78 is 5.70. The molecule has 21 heavy (non-hydrogen) atoms. The summed E-state index contributed by atoms with van der Waals surface area (Å²) in [4.78, 5) is 0. The molecule has 3 nitrogen and oxygen atoms in total. The van der Waals surface area contributed by atoms with Crippen LogP contribution in [0.5, 0.6) is 5.75 Å². The van der Waals surface area contributed by atoms with E-state index in [-0.39, 0.29) is 0 Å². The summed E-state index contributed by atoms with van der Waals surface area (Å²) >= 11 is 5.90. The first-order valence-corrected chi connectivity index (χ1v) is 7.32. The highest BCUT2D eigenvalue weighted by Gasteiger charge is 2.22. The van der Waals surface area contributed by atoms with Gasteiger partial charge in [0.05, 0.1) is 6.61 Å². The van der Waals surface area contributed by atoms with Crippen molar-refractivity contribution in [1.29, 1.82) is 0 Å². The Morgan fingerprint density at radius 2 is 1.90 bits per heavy atom. The molecule has 0 unspecified atom stereocenters. The molecule has 2 aromatic rings. The third-order valence-corrected chi connectivity index (χ3v) is 3.61. The van der Waals surface area contributed by atoms with Crippen LogP contribution in [-0.4, -0.2) is 11.7 Å². The van der Waals surface area contributed by atoms with Gasteiger partial charge in [0.1, 0.15) is 11.5 Å². The summed E-state index contributed by atoms with van der Waals surface area (Å²) in [6.45, 7) is 2.44. The molecule has 0 saturated heterocycles. The second-order valence-corrected chi connectivity index (χ2v) is 5.59. The molecule has 2 rings (SSSR count). The van der Waals surface area contributed by atoms with Gasteiger partial charge < -0.3 is 9.84 Å². The van der Waals surface area contributed by atoms with Crippen molar-refractivity contribution in [1.82, 2.24) is 0 Å². The molecule has 0 saturated carbocycles. The highest BCUT2D eigenvalue weighted by Crippen LogP contribution is 2.23. The van der Waals surface area contributed by atoms with Crippen molar-refractivity contribution in [3.63, 3.8) is 0 Å². The normalized spacial score (nSPS) is 13.7. The van der Waals surface area contributed by atoms with Crippen LogP contribution in [0.25, 0.3) is 0 Å². The Morgan fingerprint density at radius 3 is 2.57 bits per heavy atom. The lowest BCUT2D eigenvalue weighted by atomic mass is 9.99. The second-order valence-electron chi connectivity index (χ2n) is 5.15. The Balaban J connectivity index is 1.84. The van der Waals surface area contributed by atoms with E-state index in [1.54, 1.807) is 6.07 Å². The number of rotatable bonds is 6. The molecular formula is C17H20ClNO2.